The van der Waals surface area contributed by atoms with Gasteiger partial charge in [0.15, 0.2) is 5.65 Å². The van der Waals surface area contributed by atoms with Crippen LogP contribution in [0.4, 0.5) is 18.9 Å². The highest BCUT2D eigenvalue weighted by atomic mass is 19.2. The van der Waals surface area contributed by atoms with E-state index in [1.165, 1.54) is 57.8 Å². The molecule has 0 saturated heterocycles. The van der Waals surface area contributed by atoms with Crippen molar-refractivity contribution in [3.05, 3.63) is 60.2 Å². The number of alkyl halides is 3. The standard InChI is InChI=1S/C25H26F3N7O3/c1-15(27)38-21-6-5-16(9-17(28)11-26)10-18(21)23-20(13-34(32-23)14-22(36)33(2)3)31-25(37)19-12-30-35-8-4-7-29-24(19)35/h4-8,10,12-13,15,17H,9,11,14H2,1-3H3,(H,31,37). The zero-order valence-corrected chi connectivity index (χ0v) is 20.9. The second kappa shape index (κ2) is 11.3. The summed E-state index contributed by atoms with van der Waals surface area (Å²) >= 11 is 0. The van der Waals surface area contributed by atoms with Crippen LogP contribution < -0.4 is 10.1 Å². The minimum absolute atomic E-state index is 0.0664. The van der Waals surface area contributed by atoms with E-state index >= 15 is 0 Å². The van der Waals surface area contributed by atoms with Gasteiger partial charge in [-0.2, -0.15) is 10.2 Å². The fraction of sp³-hybridized carbons (Fsp3) is 0.320. The number of nitrogens with zero attached hydrogens (tertiary/aromatic N) is 6. The summed E-state index contributed by atoms with van der Waals surface area (Å²) in [4.78, 5) is 31.1. The predicted molar refractivity (Wildman–Crippen MR) is 133 cm³/mol. The van der Waals surface area contributed by atoms with E-state index in [0.717, 1.165) is 0 Å². The third-order valence-electron chi connectivity index (χ3n) is 5.54. The van der Waals surface area contributed by atoms with Crippen molar-refractivity contribution in [1.29, 1.82) is 0 Å². The van der Waals surface area contributed by atoms with Gasteiger partial charge < -0.3 is 15.0 Å². The number of ether oxygens (including phenoxy) is 1. The van der Waals surface area contributed by atoms with E-state index in [0.29, 0.717) is 11.2 Å². The normalized spacial score (nSPS) is 12.8. The molecule has 38 heavy (non-hydrogen) atoms. The van der Waals surface area contributed by atoms with Crippen molar-refractivity contribution in [3.8, 4) is 17.0 Å². The highest BCUT2D eigenvalue weighted by Crippen LogP contribution is 2.36. The molecule has 0 aliphatic rings. The molecule has 3 aromatic heterocycles. The number of hydrogen-bond acceptors (Lipinski definition) is 6. The highest BCUT2D eigenvalue weighted by molar-refractivity contribution is 6.09. The Bertz CT molecular complexity index is 1450. The van der Waals surface area contributed by atoms with E-state index in [4.69, 9.17) is 4.74 Å². The first-order valence-corrected chi connectivity index (χ1v) is 11.7. The summed E-state index contributed by atoms with van der Waals surface area (Å²) in [6, 6.07) is 6.08. The van der Waals surface area contributed by atoms with Gasteiger partial charge in [0, 0.05) is 51.6 Å². The average molecular weight is 530 g/mol. The number of nitrogens with one attached hydrogen (secondary N) is 1. The van der Waals surface area contributed by atoms with Gasteiger partial charge in [0.25, 0.3) is 5.91 Å². The van der Waals surface area contributed by atoms with Crippen molar-refractivity contribution in [2.45, 2.75) is 32.4 Å². The lowest BCUT2D eigenvalue weighted by Crippen LogP contribution is -2.26. The molecule has 0 aliphatic heterocycles. The van der Waals surface area contributed by atoms with Crippen LogP contribution in [0.1, 0.15) is 22.8 Å². The molecule has 3 heterocycles. The van der Waals surface area contributed by atoms with Crippen LogP contribution in [0.2, 0.25) is 0 Å². The van der Waals surface area contributed by atoms with Gasteiger partial charge in [-0.15, -0.1) is 0 Å². The van der Waals surface area contributed by atoms with Crippen LogP contribution in [0.5, 0.6) is 5.75 Å². The van der Waals surface area contributed by atoms with Gasteiger partial charge in [0.1, 0.15) is 36.4 Å². The number of rotatable bonds is 10. The molecule has 0 radical (unpaired) electrons. The molecule has 200 valence electrons. The Morgan fingerprint density at radius 3 is 2.74 bits per heavy atom. The molecule has 2 amide bonds. The Balaban J connectivity index is 1.79. The summed E-state index contributed by atoms with van der Waals surface area (Å²) in [5, 5.41) is 11.3. The second-order valence-electron chi connectivity index (χ2n) is 8.72. The van der Waals surface area contributed by atoms with Gasteiger partial charge in [0.2, 0.25) is 12.3 Å². The van der Waals surface area contributed by atoms with Gasteiger partial charge in [-0.3, -0.25) is 14.3 Å². The fourth-order valence-electron chi connectivity index (χ4n) is 3.73. The molecule has 4 rings (SSSR count). The van der Waals surface area contributed by atoms with Gasteiger partial charge in [-0.05, 0) is 23.8 Å². The summed E-state index contributed by atoms with van der Waals surface area (Å²) in [7, 11) is 3.17. The summed E-state index contributed by atoms with van der Waals surface area (Å²) in [5.74, 6) is -0.761. The van der Waals surface area contributed by atoms with Crippen LogP contribution in [-0.2, 0) is 17.8 Å². The minimum atomic E-state index is -1.73. The van der Waals surface area contributed by atoms with Crippen LogP contribution in [0.25, 0.3) is 16.9 Å². The van der Waals surface area contributed by atoms with Crippen LogP contribution in [-0.4, -0.2) is 74.4 Å². The highest BCUT2D eigenvalue weighted by Gasteiger charge is 2.23. The summed E-state index contributed by atoms with van der Waals surface area (Å²) < 4.78 is 48.6. The Morgan fingerprint density at radius 1 is 1.24 bits per heavy atom. The van der Waals surface area contributed by atoms with Crippen molar-refractivity contribution in [2.24, 2.45) is 0 Å². The van der Waals surface area contributed by atoms with Gasteiger partial charge in [-0.25, -0.2) is 22.7 Å². The topological polar surface area (TPSA) is 107 Å². The number of hydrogen-bond donors (Lipinski definition) is 1. The number of aromatic nitrogens is 5. The third-order valence-corrected chi connectivity index (χ3v) is 5.54. The summed E-state index contributed by atoms with van der Waals surface area (Å²) in [6.45, 7) is -0.128. The van der Waals surface area contributed by atoms with E-state index in [9.17, 15) is 22.8 Å². The maximum absolute atomic E-state index is 13.9. The molecular weight excluding hydrogens is 503 g/mol. The first kappa shape index (κ1) is 26.6. The van der Waals surface area contributed by atoms with Crippen LogP contribution in [0, 0.1) is 0 Å². The van der Waals surface area contributed by atoms with E-state index < -0.39 is 25.1 Å². The Morgan fingerprint density at radius 2 is 2.03 bits per heavy atom. The maximum Gasteiger partial charge on any atom is 0.261 e. The largest absolute Gasteiger partial charge is 0.460 e. The first-order valence-electron chi connectivity index (χ1n) is 11.7. The number of benzene rings is 1. The molecule has 2 unspecified atom stereocenters. The first-order chi connectivity index (χ1) is 18.2. The van der Waals surface area contributed by atoms with E-state index in [-0.39, 0.29) is 47.1 Å². The predicted octanol–water partition coefficient (Wildman–Crippen LogP) is 3.48. The number of carbonyl (C=O) groups is 2. The Hall–Kier alpha value is -4.42. The molecule has 2 atom stereocenters. The molecule has 0 fully saturated rings. The minimum Gasteiger partial charge on any atom is -0.460 e. The number of fused-ring (bicyclic) bond motifs is 1. The van der Waals surface area contributed by atoms with Crippen molar-refractivity contribution in [1.82, 2.24) is 29.3 Å². The zero-order chi connectivity index (χ0) is 27.4. The number of amides is 2. The lowest BCUT2D eigenvalue weighted by atomic mass is 10.0. The molecule has 0 saturated carbocycles. The molecule has 4 aromatic rings. The molecule has 10 nitrogen and oxygen atoms in total. The van der Waals surface area contributed by atoms with Crippen molar-refractivity contribution in [3.63, 3.8) is 0 Å². The number of likely N-dealkylation sites (N-methyl/N-ethyl adjacent to an activating group) is 1. The van der Waals surface area contributed by atoms with Crippen LogP contribution in [0.3, 0.4) is 0 Å². The maximum atomic E-state index is 13.9. The van der Waals surface area contributed by atoms with Crippen molar-refractivity contribution >= 4 is 23.1 Å². The van der Waals surface area contributed by atoms with Crippen LogP contribution >= 0.6 is 0 Å². The lowest BCUT2D eigenvalue weighted by Gasteiger charge is -2.14. The van der Waals surface area contributed by atoms with E-state index in [1.807, 2.05) is 0 Å². The SMILES string of the molecule is CC(F)Oc1ccc(CC(F)CF)cc1-c1nn(CC(=O)N(C)C)cc1NC(=O)c1cnn2cccnc12. The van der Waals surface area contributed by atoms with E-state index in [1.54, 1.807) is 26.4 Å². The Labute approximate surface area is 216 Å². The molecule has 0 aliphatic carbocycles. The number of anilines is 1. The Kier molecular flexibility index (Phi) is 7.93. The van der Waals surface area contributed by atoms with Gasteiger partial charge in [0.05, 0.1) is 11.9 Å². The molecule has 1 N–H and O–H groups in total. The van der Waals surface area contributed by atoms with E-state index in [2.05, 4.69) is 20.5 Å². The van der Waals surface area contributed by atoms with Gasteiger partial charge >= 0.3 is 0 Å². The molecule has 0 spiro atoms. The number of carbonyl (C=O) groups excluding carboxylic acids is 2. The lowest BCUT2D eigenvalue weighted by molar-refractivity contribution is -0.129. The molecule has 13 heteroatoms. The fourth-order valence-corrected chi connectivity index (χ4v) is 3.73. The van der Waals surface area contributed by atoms with Crippen molar-refractivity contribution in [2.75, 3.05) is 26.1 Å². The number of halogens is 3. The zero-order valence-electron chi connectivity index (χ0n) is 20.9. The monoisotopic (exact) mass is 529 g/mol. The average Bonchev–Trinajstić information content (AvgIpc) is 3.48. The molecule has 1 aromatic carbocycles. The van der Waals surface area contributed by atoms with Gasteiger partial charge in [-0.1, -0.05) is 6.07 Å². The molecular formula is C25H26F3N7O3. The van der Waals surface area contributed by atoms with Crippen LogP contribution in [0.15, 0.2) is 49.1 Å². The van der Waals surface area contributed by atoms with Crippen molar-refractivity contribution < 1.29 is 27.5 Å². The quantitative estimate of drug-likeness (QED) is 0.337. The third kappa shape index (κ3) is 5.93. The summed E-state index contributed by atoms with van der Waals surface area (Å²) in [5.41, 5.74) is 1.45. The summed E-state index contributed by atoms with van der Waals surface area (Å²) in [6.07, 6.45) is 2.31. The molecule has 0 bridgehead atoms. The smallest absolute Gasteiger partial charge is 0.261 e. The second-order valence-corrected chi connectivity index (χ2v) is 8.72.